The van der Waals surface area contributed by atoms with Crippen molar-refractivity contribution in [2.24, 2.45) is 0 Å². The van der Waals surface area contributed by atoms with Crippen LogP contribution < -0.4 is 9.47 Å². The first-order chi connectivity index (χ1) is 36.1. The van der Waals surface area contributed by atoms with Crippen LogP contribution in [0.15, 0.2) is 206 Å². The van der Waals surface area contributed by atoms with Gasteiger partial charge < -0.3 is 57.2 Å². The maximum absolute atomic E-state index is 12.4. The smallest absolute Gasteiger partial charge is 0.229 e. The molecule has 7 aromatic carbocycles. The molecule has 0 bridgehead atoms. The van der Waals surface area contributed by atoms with Crippen LogP contribution in [-0.4, -0.2) is 86.8 Å². The molecule has 0 aliphatic carbocycles. The van der Waals surface area contributed by atoms with E-state index in [1.54, 1.807) is 7.11 Å². The number of rotatable bonds is 25. The Balaban J connectivity index is 1.11. The average molecular weight is 989 g/mol. The average Bonchev–Trinajstić information content (AvgIpc) is 3.44. The van der Waals surface area contributed by atoms with Gasteiger partial charge in [0.05, 0.1) is 60.0 Å². The first-order valence-electron chi connectivity index (χ1n) is 24.9. The second-order valence-corrected chi connectivity index (χ2v) is 18.0. The van der Waals surface area contributed by atoms with Gasteiger partial charge in [0.2, 0.25) is 6.29 Å². The van der Waals surface area contributed by atoms with E-state index in [0.717, 1.165) is 33.4 Å². The molecule has 10 atom stereocenters. The third-order valence-electron chi connectivity index (χ3n) is 12.7. The second-order valence-electron chi connectivity index (χ2n) is 18.0. The molecule has 2 saturated heterocycles. The third-order valence-corrected chi connectivity index (χ3v) is 12.7. The van der Waals surface area contributed by atoms with Gasteiger partial charge in [-0.05, 0) is 57.6 Å². The molecule has 12 heteroatoms. The van der Waals surface area contributed by atoms with Gasteiger partial charge >= 0.3 is 0 Å². The molecule has 2 aliphatic rings. The molecule has 380 valence electrons. The fraction of sp³-hybridized carbons (Fsp3) is 0.311. The molecule has 12 nitrogen and oxygen atoms in total. The Bertz CT molecular complexity index is 2600. The van der Waals surface area contributed by atoms with Crippen molar-refractivity contribution in [2.45, 2.75) is 101 Å². The molecule has 2 aliphatic heterocycles. The van der Waals surface area contributed by atoms with Gasteiger partial charge in [0, 0.05) is 0 Å². The summed E-state index contributed by atoms with van der Waals surface area (Å²) >= 11 is 0. The predicted octanol–water partition coefficient (Wildman–Crippen LogP) is 10.0. The van der Waals surface area contributed by atoms with Gasteiger partial charge in [0.25, 0.3) is 0 Å². The van der Waals surface area contributed by atoms with Gasteiger partial charge in [-0.3, -0.25) is 0 Å². The Labute approximate surface area is 428 Å². The van der Waals surface area contributed by atoms with Crippen molar-refractivity contribution in [1.29, 1.82) is 0 Å². The molecule has 0 spiro atoms. The molecule has 0 unspecified atom stereocenters. The first-order valence-corrected chi connectivity index (χ1v) is 24.9. The van der Waals surface area contributed by atoms with Gasteiger partial charge in [0.15, 0.2) is 6.29 Å². The number of methoxy groups -OCH3 is 1. The van der Waals surface area contributed by atoms with Crippen LogP contribution in [0.5, 0.6) is 11.5 Å². The van der Waals surface area contributed by atoms with E-state index >= 15 is 0 Å². The minimum atomic E-state index is -1.20. The Morgan fingerprint density at radius 2 is 0.699 bits per heavy atom. The summed E-state index contributed by atoms with van der Waals surface area (Å²) in [6.45, 7) is 1.45. The number of benzene rings is 7. The van der Waals surface area contributed by atoms with Crippen molar-refractivity contribution in [3.8, 4) is 11.5 Å². The van der Waals surface area contributed by atoms with Gasteiger partial charge in [0.1, 0.15) is 60.3 Å². The zero-order valence-electron chi connectivity index (χ0n) is 41.0. The Kier molecular flexibility index (Phi) is 19.2. The summed E-state index contributed by atoms with van der Waals surface area (Å²) in [5.74, 6) is 1.18. The largest absolute Gasteiger partial charge is 0.497 e. The summed E-state index contributed by atoms with van der Waals surface area (Å²) in [7, 11) is 1.62. The molecular weight excluding hydrogens is 925 g/mol. The van der Waals surface area contributed by atoms with E-state index < -0.39 is 61.4 Å². The molecule has 1 N–H and O–H groups in total. The summed E-state index contributed by atoms with van der Waals surface area (Å²) < 4.78 is 74.2. The van der Waals surface area contributed by atoms with Gasteiger partial charge in [-0.15, -0.1) is 0 Å². The summed E-state index contributed by atoms with van der Waals surface area (Å²) in [6.07, 6.45) is -9.92. The Morgan fingerprint density at radius 1 is 0.356 bits per heavy atom. The minimum Gasteiger partial charge on any atom is -0.497 e. The fourth-order valence-electron chi connectivity index (χ4n) is 8.89. The van der Waals surface area contributed by atoms with Crippen molar-refractivity contribution >= 4 is 0 Å². The fourth-order valence-corrected chi connectivity index (χ4v) is 8.89. The highest BCUT2D eigenvalue weighted by molar-refractivity contribution is 5.31. The molecule has 0 amide bonds. The summed E-state index contributed by atoms with van der Waals surface area (Å²) in [6, 6.07) is 66.6. The number of hydrogen-bond acceptors (Lipinski definition) is 12. The normalized spacial score (nSPS) is 23.9. The SMILES string of the molecule is COc1ccc(O[C@@H]2O[C@H](COCc3ccccc3)[C@H](OCc3ccccc3)[C@H](O[C@H]3O[C@H](COCc4ccccc4)[C@H](O)[C@H](OCc4ccccc4)[C@H]3OCc3ccccc3)[C@H]2OCc2ccccc2)cc1. The van der Waals surface area contributed by atoms with Crippen LogP contribution in [0.25, 0.3) is 0 Å². The number of aliphatic hydroxyl groups excluding tert-OH is 1. The lowest BCUT2D eigenvalue weighted by Crippen LogP contribution is -2.66. The first kappa shape index (κ1) is 51.6. The third kappa shape index (κ3) is 14.9. The summed E-state index contributed by atoms with van der Waals surface area (Å²) in [4.78, 5) is 0. The Hall–Kier alpha value is -6.26. The monoisotopic (exact) mass is 988 g/mol. The molecule has 2 heterocycles. The Morgan fingerprint density at radius 3 is 1.12 bits per heavy atom. The molecule has 0 aromatic heterocycles. The number of ether oxygens (including phenoxy) is 11. The van der Waals surface area contributed by atoms with E-state index in [1.165, 1.54) is 0 Å². The van der Waals surface area contributed by atoms with Crippen LogP contribution in [-0.2, 0) is 82.3 Å². The predicted molar refractivity (Wildman–Crippen MR) is 274 cm³/mol. The van der Waals surface area contributed by atoms with E-state index in [1.807, 2.05) is 206 Å². The molecule has 0 saturated carbocycles. The van der Waals surface area contributed by atoms with Crippen LogP contribution in [0, 0.1) is 0 Å². The lowest BCUT2D eigenvalue weighted by molar-refractivity contribution is -0.370. The highest BCUT2D eigenvalue weighted by atomic mass is 16.8. The highest BCUT2D eigenvalue weighted by Gasteiger charge is 2.54. The summed E-state index contributed by atoms with van der Waals surface area (Å²) in [5, 5.41) is 12.4. The maximum atomic E-state index is 12.4. The second kappa shape index (κ2) is 27.2. The minimum absolute atomic E-state index is 0.0152. The van der Waals surface area contributed by atoms with Crippen molar-refractivity contribution < 1.29 is 57.2 Å². The van der Waals surface area contributed by atoms with Crippen LogP contribution in [0.2, 0.25) is 0 Å². The van der Waals surface area contributed by atoms with E-state index in [-0.39, 0.29) is 39.6 Å². The van der Waals surface area contributed by atoms with Gasteiger partial charge in [-0.2, -0.15) is 0 Å². The van der Waals surface area contributed by atoms with Crippen LogP contribution in [0.1, 0.15) is 33.4 Å². The van der Waals surface area contributed by atoms with Crippen molar-refractivity contribution in [3.05, 3.63) is 240 Å². The standard InChI is InChI=1S/C61H64O12/c1-63-50-32-34-51(35-33-50)70-60-59(69-41-49-30-18-7-19-31-49)57(55(66-38-46-24-12-4-13-25-46)53(72-60)43-65-37-45-22-10-3-11-23-45)73-61-58(68-40-48-28-16-6-17-29-48)56(67-39-47-26-14-5-15-27-47)54(62)52(71-61)42-64-36-44-20-8-2-9-21-44/h2-35,52-62H,36-43H2,1H3/t52-,53-,54+,55+,56+,57+,58-,59-,60-,61-/m1/s1. The van der Waals surface area contributed by atoms with Crippen LogP contribution >= 0.6 is 0 Å². The van der Waals surface area contributed by atoms with E-state index in [2.05, 4.69) is 0 Å². The van der Waals surface area contributed by atoms with Crippen molar-refractivity contribution in [1.82, 2.24) is 0 Å². The van der Waals surface area contributed by atoms with E-state index in [0.29, 0.717) is 24.7 Å². The molecule has 0 radical (unpaired) electrons. The molecule has 7 aromatic rings. The zero-order valence-corrected chi connectivity index (χ0v) is 41.0. The van der Waals surface area contributed by atoms with Crippen molar-refractivity contribution in [2.75, 3.05) is 20.3 Å². The van der Waals surface area contributed by atoms with E-state index in [9.17, 15) is 5.11 Å². The van der Waals surface area contributed by atoms with Crippen LogP contribution in [0.3, 0.4) is 0 Å². The summed E-state index contributed by atoms with van der Waals surface area (Å²) in [5.41, 5.74) is 5.66. The van der Waals surface area contributed by atoms with E-state index in [4.69, 9.17) is 52.1 Å². The quantitative estimate of drug-likeness (QED) is 0.0587. The topological polar surface area (TPSA) is 122 Å². The number of hydrogen-bond donors (Lipinski definition) is 1. The van der Waals surface area contributed by atoms with Crippen molar-refractivity contribution in [3.63, 3.8) is 0 Å². The zero-order chi connectivity index (χ0) is 49.9. The highest BCUT2D eigenvalue weighted by Crippen LogP contribution is 2.37. The molecule has 73 heavy (non-hydrogen) atoms. The van der Waals surface area contributed by atoms with Crippen LogP contribution in [0.4, 0.5) is 0 Å². The lowest BCUT2D eigenvalue weighted by Gasteiger charge is -2.49. The molecule has 2 fully saturated rings. The van der Waals surface area contributed by atoms with Gasteiger partial charge in [-0.25, -0.2) is 0 Å². The molecule has 9 rings (SSSR count). The maximum Gasteiger partial charge on any atom is 0.229 e. The lowest BCUT2D eigenvalue weighted by atomic mass is 9.96. The number of aliphatic hydroxyl groups is 1. The van der Waals surface area contributed by atoms with Gasteiger partial charge in [-0.1, -0.05) is 182 Å². The molecular formula is C61H64O12.